The normalized spacial score (nSPS) is 12.0. The lowest BCUT2D eigenvalue weighted by Gasteiger charge is -2.14. The van der Waals surface area contributed by atoms with Gasteiger partial charge in [-0.2, -0.15) is 0 Å². The average Bonchev–Trinajstić information content (AvgIpc) is 3.07. The molecule has 3 rings (SSSR count). The minimum atomic E-state index is -0.245. The van der Waals surface area contributed by atoms with E-state index in [-0.39, 0.29) is 17.1 Å². The van der Waals surface area contributed by atoms with Crippen molar-refractivity contribution in [2.45, 2.75) is 50.2 Å². The topological polar surface area (TPSA) is 71.1 Å². The largest absolute Gasteiger partial charge is 0.326 e. The minimum Gasteiger partial charge on any atom is -0.326 e. The third-order valence-electron chi connectivity index (χ3n) is 4.31. The molecule has 0 spiro atoms. The number of fused-ring (bicyclic) bond motifs is 1. The molecule has 0 aliphatic rings. The Morgan fingerprint density at radius 2 is 1.97 bits per heavy atom. The highest BCUT2D eigenvalue weighted by molar-refractivity contribution is 8.00. The van der Waals surface area contributed by atoms with Crippen molar-refractivity contribution >= 4 is 55.9 Å². The summed E-state index contributed by atoms with van der Waals surface area (Å²) in [5, 5.41) is 6.24. The molecule has 0 aliphatic carbocycles. The van der Waals surface area contributed by atoms with E-state index < -0.39 is 0 Å². The number of hydrogen-bond donors (Lipinski definition) is 2. The fourth-order valence-electron chi connectivity index (χ4n) is 2.86. The summed E-state index contributed by atoms with van der Waals surface area (Å²) in [6.07, 6.45) is 2.00. The Morgan fingerprint density at radius 1 is 1.14 bits per heavy atom. The summed E-state index contributed by atoms with van der Waals surface area (Å²) in [7, 11) is 0. The van der Waals surface area contributed by atoms with Crippen LogP contribution in [0.3, 0.4) is 0 Å². The molecule has 0 aliphatic heterocycles. The highest BCUT2D eigenvalue weighted by atomic mass is 32.2. The predicted octanol–water partition coefficient (Wildman–Crippen LogP) is 5.85. The molecule has 2 aromatic carbocycles. The van der Waals surface area contributed by atoms with Gasteiger partial charge in [0.15, 0.2) is 5.13 Å². The third-order valence-corrected chi connectivity index (χ3v) is 6.60. The van der Waals surface area contributed by atoms with Gasteiger partial charge in [-0.25, -0.2) is 4.98 Å². The Morgan fingerprint density at radius 3 is 2.72 bits per heavy atom. The molecule has 1 atom stereocenters. The number of rotatable bonds is 8. The van der Waals surface area contributed by atoms with E-state index in [1.54, 1.807) is 0 Å². The summed E-state index contributed by atoms with van der Waals surface area (Å²) in [4.78, 5) is 30.1. The van der Waals surface area contributed by atoms with Crippen molar-refractivity contribution in [3.8, 4) is 0 Å². The number of anilines is 2. The van der Waals surface area contributed by atoms with E-state index in [2.05, 4.69) is 21.7 Å². The molecule has 0 saturated carbocycles. The van der Waals surface area contributed by atoms with Crippen LogP contribution in [0.4, 0.5) is 10.8 Å². The first-order valence-electron chi connectivity index (χ1n) is 9.73. The van der Waals surface area contributed by atoms with Gasteiger partial charge in [-0.3, -0.25) is 9.59 Å². The SMILES string of the molecule is CCCC(=O)Nc1cccc(SC(CC)C(=O)Nc2nc3ccc(C)cc3s2)c1. The van der Waals surface area contributed by atoms with E-state index >= 15 is 0 Å². The van der Waals surface area contributed by atoms with Crippen LogP contribution in [0.1, 0.15) is 38.7 Å². The van der Waals surface area contributed by atoms with Gasteiger partial charge in [0.05, 0.1) is 15.5 Å². The second-order valence-corrected chi connectivity index (χ2v) is 9.13. The number of hydrogen-bond acceptors (Lipinski definition) is 5. The lowest BCUT2D eigenvalue weighted by atomic mass is 10.2. The smallest absolute Gasteiger partial charge is 0.239 e. The van der Waals surface area contributed by atoms with Crippen LogP contribution in [-0.2, 0) is 9.59 Å². The van der Waals surface area contributed by atoms with Crippen LogP contribution in [-0.4, -0.2) is 22.0 Å². The van der Waals surface area contributed by atoms with Gasteiger partial charge in [0.2, 0.25) is 11.8 Å². The van der Waals surface area contributed by atoms with E-state index in [1.165, 1.54) is 28.7 Å². The molecule has 1 aromatic heterocycles. The predicted molar refractivity (Wildman–Crippen MR) is 123 cm³/mol. The first kappa shape index (κ1) is 21.3. The molecule has 2 amide bonds. The van der Waals surface area contributed by atoms with E-state index in [4.69, 9.17) is 0 Å². The number of nitrogens with zero attached hydrogens (tertiary/aromatic N) is 1. The van der Waals surface area contributed by atoms with Gasteiger partial charge in [-0.1, -0.05) is 37.3 Å². The zero-order valence-electron chi connectivity index (χ0n) is 16.8. The van der Waals surface area contributed by atoms with Gasteiger partial charge in [0, 0.05) is 17.0 Å². The maximum atomic E-state index is 12.8. The summed E-state index contributed by atoms with van der Waals surface area (Å²) in [6.45, 7) is 6.01. The van der Waals surface area contributed by atoms with Crippen LogP contribution in [0, 0.1) is 6.92 Å². The second-order valence-electron chi connectivity index (χ2n) is 6.82. The van der Waals surface area contributed by atoms with Crippen molar-refractivity contribution < 1.29 is 9.59 Å². The van der Waals surface area contributed by atoms with Crippen molar-refractivity contribution in [2.75, 3.05) is 10.6 Å². The maximum Gasteiger partial charge on any atom is 0.239 e. The third kappa shape index (κ3) is 5.81. The number of benzene rings is 2. The van der Waals surface area contributed by atoms with Gasteiger partial charge < -0.3 is 10.6 Å². The fraction of sp³-hybridized carbons (Fsp3) is 0.318. The number of aromatic nitrogens is 1. The molecule has 0 radical (unpaired) electrons. The van der Waals surface area contributed by atoms with Crippen LogP contribution in [0.25, 0.3) is 10.2 Å². The minimum absolute atomic E-state index is 0.00510. The Labute approximate surface area is 179 Å². The lowest BCUT2D eigenvalue weighted by molar-refractivity contribution is -0.116. The number of aryl methyl sites for hydroxylation is 1. The van der Waals surface area contributed by atoms with Crippen molar-refractivity contribution in [3.63, 3.8) is 0 Å². The Hall–Kier alpha value is -2.38. The summed E-state index contributed by atoms with van der Waals surface area (Å²) >= 11 is 2.98. The summed E-state index contributed by atoms with van der Waals surface area (Å²) in [5.74, 6) is -0.0563. The number of nitrogens with one attached hydrogen (secondary N) is 2. The number of thiazole rings is 1. The molecule has 0 saturated heterocycles. The molecule has 2 N–H and O–H groups in total. The standard InChI is InChI=1S/C22H25N3O2S2/c1-4-7-20(26)23-15-8-6-9-16(13-15)28-18(5-2)21(27)25-22-24-17-11-10-14(3)12-19(17)29-22/h6,8-13,18H,4-5,7H2,1-3H3,(H,23,26)(H,24,25,27). The molecule has 5 nitrogen and oxygen atoms in total. The van der Waals surface area contributed by atoms with Crippen LogP contribution in [0.15, 0.2) is 47.4 Å². The van der Waals surface area contributed by atoms with E-state index in [0.717, 1.165) is 27.2 Å². The van der Waals surface area contributed by atoms with Crippen molar-refractivity contribution in [2.24, 2.45) is 0 Å². The first-order chi connectivity index (χ1) is 14.0. The number of amides is 2. The van der Waals surface area contributed by atoms with Crippen molar-refractivity contribution in [3.05, 3.63) is 48.0 Å². The average molecular weight is 428 g/mol. The van der Waals surface area contributed by atoms with E-state index in [9.17, 15) is 9.59 Å². The maximum absolute atomic E-state index is 12.8. The van der Waals surface area contributed by atoms with Gasteiger partial charge in [-0.05, 0) is 55.7 Å². The molecular weight excluding hydrogens is 402 g/mol. The Balaban J connectivity index is 1.67. The van der Waals surface area contributed by atoms with Gasteiger partial charge >= 0.3 is 0 Å². The van der Waals surface area contributed by atoms with E-state index in [0.29, 0.717) is 18.0 Å². The fourth-order valence-corrected chi connectivity index (χ4v) is 4.84. The van der Waals surface area contributed by atoms with Crippen molar-refractivity contribution in [1.82, 2.24) is 4.98 Å². The molecule has 7 heteroatoms. The highest BCUT2D eigenvalue weighted by Crippen LogP contribution is 2.30. The molecular formula is C22H25N3O2S2. The van der Waals surface area contributed by atoms with Gasteiger partial charge in [0.25, 0.3) is 0 Å². The summed E-state index contributed by atoms with van der Waals surface area (Å²) < 4.78 is 1.07. The number of carbonyl (C=O) groups is 2. The molecule has 29 heavy (non-hydrogen) atoms. The Bertz CT molecular complexity index is 1020. The second kappa shape index (κ2) is 9.89. The summed E-state index contributed by atoms with van der Waals surface area (Å²) in [6, 6.07) is 13.7. The highest BCUT2D eigenvalue weighted by Gasteiger charge is 2.20. The van der Waals surface area contributed by atoms with Crippen LogP contribution in [0.2, 0.25) is 0 Å². The molecule has 0 bridgehead atoms. The van der Waals surface area contributed by atoms with Crippen LogP contribution < -0.4 is 10.6 Å². The Kier molecular flexibility index (Phi) is 7.28. The monoisotopic (exact) mass is 427 g/mol. The quantitative estimate of drug-likeness (QED) is 0.442. The lowest BCUT2D eigenvalue weighted by Crippen LogP contribution is -2.24. The van der Waals surface area contributed by atoms with Crippen LogP contribution >= 0.6 is 23.1 Å². The van der Waals surface area contributed by atoms with Crippen molar-refractivity contribution in [1.29, 1.82) is 0 Å². The molecule has 1 unspecified atom stereocenters. The first-order valence-corrected chi connectivity index (χ1v) is 11.4. The molecule has 1 heterocycles. The molecule has 152 valence electrons. The van der Waals surface area contributed by atoms with Crippen LogP contribution in [0.5, 0.6) is 0 Å². The van der Waals surface area contributed by atoms with Gasteiger partial charge in [0.1, 0.15) is 0 Å². The zero-order chi connectivity index (χ0) is 20.8. The molecule has 0 fully saturated rings. The van der Waals surface area contributed by atoms with Gasteiger partial charge in [-0.15, -0.1) is 11.8 Å². The zero-order valence-corrected chi connectivity index (χ0v) is 18.5. The number of thioether (sulfide) groups is 1. The summed E-state index contributed by atoms with van der Waals surface area (Å²) in [5.41, 5.74) is 2.82. The van der Waals surface area contributed by atoms with E-state index in [1.807, 2.05) is 57.2 Å². The number of carbonyl (C=O) groups excluding carboxylic acids is 2. The molecule has 3 aromatic rings.